The highest BCUT2D eigenvalue weighted by molar-refractivity contribution is 5.81. The predicted molar refractivity (Wildman–Crippen MR) is 97.0 cm³/mol. The van der Waals surface area contributed by atoms with Gasteiger partial charge in [-0.2, -0.15) is 0 Å². The average molecular weight is 355 g/mol. The molecule has 2 rings (SSSR count). The number of ketones is 1. The van der Waals surface area contributed by atoms with Crippen molar-refractivity contribution < 1.29 is 18.7 Å². The van der Waals surface area contributed by atoms with E-state index in [0.717, 1.165) is 64.2 Å². The van der Waals surface area contributed by atoms with Crippen molar-refractivity contribution in [2.75, 3.05) is 0 Å². The summed E-state index contributed by atoms with van der Waals surface area (Å²) in [5.74, 6) is 0.544. The van der Waals surface area contributed by atoms with E-state index in [4.69, 9.17) is 4.74 Å². The van der Waals surface area contributed by atoms with Gasteiger partial charge in [0.25, 0.3) is 0 Å². The van der Waals surface area contributed by atoms with Gasteiger partial charge in [-0.05, 0) is 70.1 Å². The number of carbonyl (C=O) groups excluding carboxylic acids is 2. The van der Waals surface area contributed by atoms with E-state index in [1.165, 1.54) is 0 Å². The molecule has 2 saturated carbocycles. The van der Waals surface area contributed by atoms with Crippen molar-refractivity contribution in [2.45, 2.75) is 103 Å². The van der Waals surface area contributed by atoms with E-state index < -0.39 is 6.17 Å². The van der Waals surface area contributed by atoms with Gasteiger partial charge in [0.05, 0.1) is 5.92 Å². The summed E-state index contributed by atoms with van der Waals surface area (Å²) in [5.41, 5.74) is 0. The summed E-state index contributed by atoms with van der Waals surface area (Å²) in [4.78, 5) is 24.5. The van der Waals surface area contributed by atoms with Gasteiger partial charge in [-0.1, -0.05) is 20.3 Å². The Balaban J connectivity index is 1.68. The number of Topliss-reactive ketones (excluding diaryl/α,β-unsaturated/α-hetero) is 1. The quantitative estimate of drug-likeness (QED) is 0.548. The topological polar surface area (TPSA) is 43.4 Å². The summed E-state index contributed by atoms with van der Waals surface area (Å²) in [6.45, 7) is 3.99. The van der Waals surface area contributed by atoms with Crippen LogP contribution in [0.3, 0.4) is 0 Å². The first-order chi connectivity index (χ1) is 12.0. The molecule has 0 aromatic heterocycles. The van der Waals surface area contributed by atoms with Gasteiger partial charge in [-0.15, -0.1) is 0 Å². The predicted octanol–water partition coefficient (Wildman–Crippen LogP) is 5.40. The lowest BCUT2D eigenvalue weighted by molar-refractivity contribution is -0.158. The molecule has 2 aliphatic rings. The van der Waals surface area contributed by atoms with Crippen molar-refractivity contribution in [3.8, 4) is 0 Å². The molecule has 2 aliphatic carbocycles. The molecule has 0 heterocycles. The largest absolute Gasteiger partial charge is 0.462 e. The lowest BCUT2D eigenvalue weighted by Gasteiger charge is -2.32. The van der Waals surface area contributed by atoms with Crippen molar-refractivity contribution in [3.63, 3.8) is 0 Å². The van der Waals surface area contributed by atoms with Crippen LogP contribution >= 0.6 is 0 Å². The van der Waals surface area contributed by atoms with Crippen LogP contribution in [0.1, 0.15) is 90.9 Å². The Bertz CT molecular complexity index is 421. The van der Waals surface area contributed by atoms with Gasteiger partial charge in [0.15, 0.2) is 0 Å². The second-order valence-electron chi connectivity index (χ2n) is 8.02. The summed E-state index contributed by atoms with van der Waals surface area (Å²) in [5, 5.41) is 0. The Morgan fingerprint density at radius 3 is 2.12 bits per heavy atom. The van der Waals surface area contributed by atoms with E-state index in [1.54, 1.807) is 0 Å². The Hall–Kier alpha value is -0.930. The van der Waals surface area contributed by atoms with Gasteiger partial charge in [0.1, 0.15) is 18.1 Å². The Labute approximate surface area is 152 Å². The maximum absolute atomic E-state index is 13.7. The zero-order valence-corrected chi connectivity index (χ0v) is 16.0. The maximum Gasteiger partial charge on any atom is 0.309 e. The number of carbonyl (C=O) groups is 2. The molecule has 1 unspecified atom stereocenters. The lowest BCUT2D eigenvalue weighted by Crippen LogP contribution is -2.32. The van der Waals surface area contributed by atoms with Crippen molar-refractivity contribution in [2.24, 2.45) is 17.8 Å². The smallest absolute Gasteiger partial charge is 0.309 e. The Morgan fingerprint density at radius 2 is 1.56 bits per heavy atom. The van der Waals surface area contributed by atoms with Crippen LogP contribution in [0.15, 0.2) is 0 Å². The second kappa shape index (κ2) is 10.3. The van der Waals surface area contributed by atoms with E-state index in [-0.39, 0.29) is 29.8 Å². The molecule has 0 N–H and O–H groups in total. The number of esters is 1. The number of rotatable bonds is 8. The minimum Gasteiger partial charge on any atom is -0.462 e. The molecule has 144 valence electrons. The van der Waals surface area contributed by atoms with E-state index in [1.807, 2.05) is 6.92 Å². The van der Waals surface area contributed by atoms with E-state index in [9.17, 15) is 14.0 Å². The first-order valence-electron chi connectivity index (χ1n) is 10.4. The van der Waals surface area contributed by atoms with Crippen LogP contribution in [0.2, 0.25) is 0 Å². The zero-order valence-electron chi connectivity index (χ0n) is 16.0. The molecule has 0 aromatic rings. The fourth-order valence-corrected chi connectivity index (χ4v) is 4.37. The second-order valence-corrected chi connectivity index (χ2v) is 8.02. The van der Waals surface area contributed by atoms with Crippen LogP contribution in [0.25, 0.3) is 0 Å². The van der Waals surface area contributed by atoms with Crippen LogP contribution in [-0.2, 0) is 14.3 Å². The van der Waals surface area contributed by atoms with E-state index >= 15 is 0 Å². The minimum atomic E-state index is -0.711. The summed E-state index contributed by atoms with van der Waals surface area (Å²) in [7, 11) is 0. The van der Waals surface area contributed by atoms with Crippen molar-refractivity contribution in [1.82, 2.24) is 0 Å². The average Bonchev–Trinajstić information content (AvgIpc) is 2.66. The highest BCUT2D eigenvalue weighted by Gasteiger charge is 2.33. The van der Waals surface area contributed by atoms with Crippen molar-refractivity contribution in [1.29, 1.82) is 0 Å². The molecule has 0 aliphatic heterocycles. The Morgan fingerprint density at radius 1 is 0.960 bits per heavy atom. The van der Waals surface area contributed by atoms with Crippen LogP contribution in [-0.4, -0.2) is 24.0 Å². The van der Waals surface area contributed by atoms with E-state index in [2.05, 4.69) is 6.92 Å². The molecule has 0 bridgehead atoms. The van der Waals surface area contributed by atoms with Crippen molar-refractivity contribution >= 4 is 11.8 Å². The molecule has 0 spiro atoms. The molecule has 0 aromatic carbocycles. The van der Waals surface area contributed by atoms with Crippen LogP contribution < -0.4 is 0 Å². The highest BCUT2D eigenvalue weighted by atomic mass is 19.1. The molecule has 0 saturated heterocycles. The molecule has 0 radical (unpaired) electrons. The molecular formula is C21H35FO3. The van der Waals surface area contributed by atoms with E-state index in [0.29, 0.717) is 18.6 Å². The van der Waals surface area contributed by atoms with Crippen LogP contribution in [0.5, 0.6) is 0 Å². The summed E-state index contributed by atoms with van der Waals surface area (Å²) in [6, 6.07) is 0. The van der Waals surface area contributed by atoms with Gasteiger partial charge < -0.3 is 4.74 Å². The number of unbranched alkanes of at least 4 members (excludes halogenated alkanes) is 1. The minimum absolute atomic E-state index is 0.0308. The van der Waals surface area contributed by atoms with Gasteiger partial charge in [-0.3, -0.25) is 9.59 Å². The molecular weight excluding hydrogens is 319 g/mol. The van der Waals surface area contributed by atoms with Gasteiger partial charge in [-0.25, -0.2) is 4.39 Å². The number of alkyl halides is 1. The van der Waals surface area contributed by atoms with Gasteiger partial charge >= 0.3 is 5.97 Å². The third kappa shape index (κ3) is 6.07. The fraction of sp³-hybridized carbons (Fsp3) is 0.905. The van der Waals surface area contributed by atoms with Crippen LogP contribution in [0.4, 0.5) is 4.39 Å². The fourth-order valence-electron chi connectivity index (χ4n) is 4.37. The maximum atomic E-state index is 13.7. The lowest BCUT2D eigenvalue weighted by atomic mass is 9.79. The Kier molecular flexibility index (Phi) is 8.38. The first-order valence-corrected chi connectivity index (χ1v) is 10.4. The summed E-state index contributed by atoms with van der Waals surface area (Å²) in [6.07, 6.45) is 9.00. The molecule has 4 heteroatoms. The number of halogens is 1. The molecule has 1 atom stereocenters. The number of hydrogen-bond acceptors (Lipinski definition) is 3. The third-order valence-corrected chi connectivity index (χ3v) is 6.20. The molecule has 0 amide bonds. The zero-order chi connectivity index (χ0) is 18.2. The van der Waals surface area contributed by atoms with Crippen LogP contribution in [0, 0.1) is 17.8 Å². The normalized spacial score (nSPS) is 31.3. The standard InChI is InChI=1S/C21H35FO3/c1-3-5-6-20(23)16-7-9-17(10-8-16)21(24)25-18-13-11-15(12-14-18)19(22)4-2/h15-19H,3-14H2,1-2H3. The SMILES string of the molecule is CCCCC(=O)C1CCC(C(=O)OC2CCC(C(F)CC)CC2)CC1. The van der Waals surface area contributed by atoms with Gasteiger partial charge in [0.2, 0.25) is 0 Å². The summed E-state index contributed by atoms with van der Waals surface area (Å²) < 4.78 is 19.4. The molecule has 3 nitrogen and oxygen atoms in total. The number of hydrogen-bond donors (Lipinski definition) is 0. The summed E-state index contributed by atoms with van der Waals surface area (Å²) >= 11 is 0. The van der Waals surface area contributed by atoms with Crippen molar-refractivity contribution in [3.05, 3.63) is 0 Å². The highest BCUT2D eigenvalue weighted by Crippen LogP contribution is 2.34. The third-order valence-electron chi connectivity index (χ3n) is 6.20. The van der Waals surface area contributed by atoms with Gasteiger partial charge in [0, 0.05) is 12.3 Å². The monoisotopic (exact) mass is 354 g/mol. The molecule has 2 fully saturated rings. The first kappa shape index (κ1) is 20.4. The molecule has 25 heavy (non-hydrogen) atoms. The number of ether oxygens (including phenoxy) is 1.